The fourth-order valence-electron chi connectivity index (χ4n) is 3.39. The summed E-state index contributed by atoms with van der Waals surface area (Å²) in [7, 11) is -7.15. The highest BCUT2D eigenvalue weighted by molar-refractivity contribution is 7.93. The molecule has 0 fully saturated rings. The molecule has 0 bridgehead atoms. The van der Waals surface area contributed by atoms with Crippen molar-refractivity contribution in [2.45, 2.75) is 44.4 Å². The van der Waals surface area contributed by atoms with E-state index in [1.54, 1.807) is 37.3 Å². The van der Waals surface area contributed by atoms with Crippen LogP contribution in [0.15, 0.2) is 47.4 Å². The first kappa shape index (κ1) is 20.7. The summed E-state index contributed by atoms with van der Waals surface area (Å²) in [5.74, 6) is 0.00645. The molecule has 0 atom stereocenters. The fraction of sp³-hybridized carbons (Fsp3) is 0.400. The van der Waals surface area contributed by atoms with E-state index in [1.165, 1.54) is 4.31 Å². The number of sulfonamides is 2. The second-order valence-corrected chi connectivity index (χ2v) is 10.8. The second-order valence-electron chi connectivity index (χ2n) is 6.92. The van der Waals surface area contributed by atoms with Crippen LogP contribution in [0.4, 0.5) is 11.4 Å². The summed E-state index contributed by atoms with van der Waals surface area (Å²) in [6.45, 7) is 4.10. The smallest absolute Gasteiger partial charge is 0.261 e. The monoisotopic (exact) mass is 422 g/mol. The third-order valence-corrected chi connectivity index (χ3v) is 8.06. The van der Waals surface area contributed by atoms with Crippen molar-refractivity contribution in [1.82, 2.24) is 0 Å². The Kier molecular flexibility index (Phi) is 6.00. The van der Waals surface area contributed by atoms with Gasteiger partial charge in [-0.2, -0.15) is 0 Å². The highest BCUT2D eigenvalue weighted by Gasteiger charge is 2.26. The van der Waals surface area contributed by atoms with Crippen molar-refractivity contribution in [3.05, 3.63) is 53.6 Å². The summed E-state index contributed by atoms with van der Waals surface area (Å²) >= 11 is 0. The van der Waals surface area contributed by atoms with Gasteiger partial charge in [-0.3, -0.25) is 9.03 Å². The Hall–Kier alpha value is -2.06. The molecule has 0 aromatic heterocycles. The van der Waals surface area contributed by atoms with Crippen LogP contribution < -0.4 is 9.03 Å². The van der Waals surface area contributed by atoms with Crippen molar-refractivity contribution >= 4 is 31.4 Å². The molecule has 1 N–H and O–H groups in total. The first-order valence-corrected chi connectivity index (χ1v) is 12.6. The van der Waals surface area contributed by atoms with E-state index >= 15 is 0 Å². The summed E-state index contributed by atoms with van der Waals surface area (Å²) in [6.07, 6.45) is 3.43. The fourth-order valence-corrected chi connectivity index (χ4v) is 5.63. The second kappa shape index (κ2) is 8.13. The molecule has 0 aliphatic carbocycles. The average Bonchev–Trinajstić information content (AvgIpc) is 2.68. The Morgan fingerprint density at radius 3 is 2.36 bits per heavy atom. The molecule has 3 rings (SSSR count). The number of benzene rings is 2. The number of hydrogen-bond donors (Lipinski definition) is 1. The van der Waals surface area contributed by atoms with E-state index in [9.17, 15) is 16.8 Å². The van der Waals surface area contributed by atoms with Gasteiger partial charge in [-0.25, -0.2) is 16.8 Å². The lowest BCUT2D eigenvalue weighted by atomic mass is 10.0. The molecule has 152 valence electrons. The van der Waals surface area contributed by atoms with Gasteiger partial charge in [0.25, 0.3) is 10.0 Å². The van der Waals surface area contributed by atoms with Gasteiger partial charge in [0.1, 0.15) is 0 Å². The molecule has 0 saturated heterocycles. The van der Waals surface area contributed by atoms with E-state index in [0.717, 1.165) is 36.8 Å². The zero-order valence-corrected chi connectivity index (χ0v) is 17.8. The van der Waals surface area contributed by atoms with Crippen LogP contribution in [-0.2, 0) is 32.9 Å². The van der Waals surface area contributed by atoms with Gasteiger partial charge < -0.3 is 0 Å². The molecule has 1 heterocycles. The van der Waals surface area contributed by atoms with Crippen molar-refractivity contribution in [1.29, 1.82) is 0 Å². The van der Waals surface area contributed by atoms with Gasteiger partial charge in [0.2, 0.25) is 10.0 Å². The number of nitrogens with one attached hydrogen (secondary N) is 1. The SMILES string of the molecule is CCCc1ccc(S(=O)(=O)Nc2ccc3c(c2)N(S(=O)(=O)CC)CCC3)cc1. The minimum Gasteiger partial charge on any atom is -0.280 e. The number of aryl methyl sites for hydroxylation is 2. The molecule has 0 radical (unpaired) electrons. The van der Waals surface area contributed by atoms with Crippen LogP contribution in [0, 0.1) is 0 Å². The first-order valence-electron chi connectivity index (χ1n) is 9.52. The molecule has 0 unspecified atom stereocenters. The number of nitrogens with zero attached hydrogens (tertiary/aromatic N) is 1. The highest BCUT2D eigenvalue weighted by Crippen LogP contribution is 2.33. The van der Waals surface area contributed by atoms with Crippen molar-refractivity contribution < 1.29 is 16.8 Å². The summed E-state index contributed by atoms with van der Waals surface area (Å²) < 4.78 is 54.2. The minimum atomic E-state index is -3.75. The Morgan fingerprint density at radius 1 is 1.00 bits per heavy atom. The summed E-state index contributed by atoms with van der Waals surface area (Å²) in [5.41, 5.74) is 2.92. The van der Waals surface area contributed by atoms with Crippen LogP contribution in [0.5, 0.6) is 0 Å². The van der Waals surface area contributed by atoms with Crippen LogP contribution in [0.2, 0.25) is 0 Å². The predicted octanol–water partition coefficient (Wildman–Crippen LogP) is 3.54. The van der Waals surface area contributed by atoms with E-state index in [4.69, 9.17) is 0 Å². The minimum absolute atomic E-state index is 0.00645. The van der Waals surface area contributed by atoms with Crippen LogP contribution in [0.25, 0.3) is 0 Å². The third kappa shape index (κ3) is 4.33. The van der Waals surface area contributed by atoms with Crippen LogP contribution in [0.1, 0.15) is 37.8 Å². The van der Waals surface area contributed by atoms with Crippen molar-refractivity contribution in [2.24, 2.45) is 0 Å². The molecule has 2 aromatic carbocycles. The number of fused-ring (bicyclic) bond motifs is 1. The zero-order chi connectivity index (χ0) is 20.4. The van der Waals surface area contributed by atoms with Gasteiger partial charge in [-0.1, -0.05) is 31.5 Å². The third-order valence-electron chi connectivity index (χ3n) is 4.89. The summed E-state index contributed by atoms with van der Waals surface area (Å²) in [6, 6.07) is 11.9. The van der Waals surface area contributed by atoms with Gasteiger partial charge in [-0.15, -0.1) is 0 Å². The topological polar surface area (TPSA) is 83.6 Å². The Bertz CT molecular complexity index is 1050. The number of anilines is 2. The number of hydrogen-bond acceptors (Lipinski definition) is 4. The normalized spacial score (nSPS) is 14.6. The largest absolute Gasteiger partial charge is 0.280 e. The Morgan fingerprint density at radius 2 is 1.71 bits per heavy atom. The van der Waals surface area contributed by atoms with E-state index in [0.29, 0.717) is 17.9 Å². The van der Waals surface area contributed by atoms with Crippen LogP contribution >= 0.6 is 0 Å². The van der Waals surface area contributed by atoms with Crippen LogP contribution in [-0.4, -0.2) is 29.1 Å². The van der Waals surface area contributed by atoms with Gasteiger partial charge >= 0.3 is 0 Å². The van der Waals surface area contributed by atoms with E-state index in [1.807, 2.05) is 12.1 Å². The summed E-state index contributed by atoms with van der Waals surface area (Å²) in [5, 5.41) is 0. The van der Waals surface area contributed by atoms with Crippen molar-refractivity contribution in [3.63, 3.8) is 0 Å². The van der Waals surface area contributed by atoms with E-state index < -0.39 is 20.0 Å². The molecule has 2 aromatic rings. The van der Waals surface area contributed by atoms with Crippen molar-refractivity contribution in [3.8, 4) is 0 Å². The highest BCUT2D eigenvalue weighted by atomic mass is 32.2. The Balaban J connectivity index is 1.89. The maximum Gasteiger partial charge on any atom is 0.261 e. The molecular formula is C20H26N2O4S2. The van der Waals surface area contributed by atoms with E-state index in [-0.39, 0.29) is 10.6 Å². The van der Waals surface area contributed by atoms with Gasteiger partial charge in [0, 0.05) is 6.54 Å². The molecule has 28 heavy (non-hydrogen) atoms. The molecule has 1 aliphatic rings. The molecule has 0 spiro atoms. The standard InChI is InChI=1S/C20H26N2O4S2/c1-3-6-16-8-12-19(13-9-16)28(25,26)21-18-11-10-17-7-5-14-22(20(17)15-18)27(23,24)4-2/h8-13,15,21H,3-7,14H2,1-2H3. The molecule has 8 heteroatoms. The van der Waals surface area contributed by atoms with Gasteiger partial charge in [-0.05, 0) is 61.6 Å². The quantitative estimate of drug-likeness (QED) is 0.740. The Labute approximate surface area is 167 Å². The molecule has 6 nitrogen and oxygen atoms in total. The molecule has 0 saturated carbocycles. The molecular weight excluding hydrogens is 396 g/mol. The zero-order valence-electron chi connectivity index (χ0n) is 16.2. The molecule has 0 amide bonds. The lowest BCUT2D eigenvalue weighted by Gasteiger charge is -2.30. The maximum absolute atomic E-state index is 12.7. The number of rotatable bonds is 7. The lowest BCUT2D eigenvalue weighted by molar-refractivity contribution is 0.587. The summed E-state index contributed by atoms with van der Waals surface area (Å²) in [4.78, 5) is 0.183. The maximum atomic E-state index is 12.7. The van der Waals surface area contributed by atoms with Crippen LogP contribution in [0.3, 0.4) is 0 Å². The average molecular weight is 423 g/mol. The van der Waals surface area contributed by atoms with Gasteiger partial charge in [0.05, 0.1) is 22.0 Å². The van der Waals surface area contributed by atoms with E-state index in [2.05, 4.69) is 11.6 Å². The van der Waals surface area contributed by atoms with Crippen molar-refractivity contribution in [2.75, 3.05) is 21.3 Å². The lowest BCUT2D eigenvalue weighted by Crippen LogP contribution is -2.36. The molecule has 1 aliphatic heterocycles. The van der Waals surface area contributed by atoms with Gasteiger partial charge in [0.15, 0.2) is 0 Å². The predicted molar refractivity (Wildman–Crippen MR) is 113 cm³/mol. The first-order chi connectivity index (χ1) is 13.3.